The van der Waals surface area contributed by atoms with Crippen molar-refractivity contribution in [1.82, 2.24) is 35.5 Å². The number of nitrogens with zero attached hydrogens (tertiary/aromatic N) is 3. The number of likely N-dealkylation sites (tertiary alicyclic amines) is 1. The zero-order valence-corrected chi connectivity index (χ0v) is 19.3. The molecule has 194 valence electrons. The van der Waals surface area contributed by atoms with Crippen LogP contribution in [0.3, 0.4) is 0 Å². The highest BCUT2D eigenvalue weighted by atomic mass is 16.4. The Morgan fingerprint density at radius 2 is 1.67 bits per heavy atom. The predicted molar refractivity (Wildman–Crippen MR) is 123 cm³/mol. The summed E-state index contributed by atoms with van der Waals surface area (Å²) < 4.78 is 0. The van der Waals surface area contributed by atoms with Gasteiger partial charge in [-0.1, -0.05) is 0 Å². The van der Waals surface area contributed by atoms with Crippen molar-refractivity contribution in [3.8, 4) is 0 Å². The number of carbonyl (C=O) groups excluding carboxylic acids is 4. The summed E-state index contributed by atoms with van der Waals surface area (Å²) in [6.07, 6.45) is 6.15. The number of nitrogens with one attached hydrogen (secondary N) is 4. The molecule has 0 bridgehead atoms. The number of hydrogen-bond donors (Lipinski definition) is 7. The molecule has 36 heavy (non-hydrogen) atoms. The third-order valence-corrected chi connectivity index (χ3v) is 5.78. The van der Waals surface area contributed by atoms with E-state index in [0.717, 1.165) is 0 Å². The zero-order chi connectivity index (χ0) is 26.2. The molecule has 4 unspecified atom stereocenters. The van der Waals surface area contributed by atoms with E-state index < -0.39 is 53.8 Å². The van der Waals surface area contributed by atoms with Gasteiger partial charge in [0.1, 0.15) is 18.1 Å². The van der Waals surface area contributed by atoms with Gasteiger partial charge in [0.05, 0.1) is 25.1 Å². The van der Waals surface area contributed by atoms with Crippen molar-refractivity contribution < 1.29 is 29.1 Å². The van der Waals surface area contributed by atoms with E-state index in [4.69, 9.17) is 11.5 Å². The van der Waals surface area contributed by atoms with Gasteiger partial charge in [0.25, 0.3) is 0 Å². The highest BCUT2D eigenvalue weighted by molar-refractivity contribution is 5.95. The molecule has 3 rings (SSSR count). The predicted octanol–water partition coefficient (Wildman–Crippen LogP) is -2.83. The van der Waals surface area contributed by atoms with E-state index in [1.807, 2.05) is 0 Å². The van der Waals surface area contributed by atoms with E-state index in [9.17, 15) is 29.1 Å². The fourth-order valence-corrected chi connectivity index (χ4v) is 4.00. The largest absolute Gasteiger partial charge is 0.480 e. The molecular weight excluding hydrogens is 474 g/mol. The van der Waals surface area contributed by atoms with E-state index in [0.29, 0.717) is 24.2 Å². The molecule has 0 aromatic carbocycles. The topological polar surface area (TPSA) is 242 Å². The number of aromatic nitrogens is 4. The van der Waals surface area contributed by atoms with Gasteiger partial charge in [-0.2, -0.15) is 0 Å². The van der Waals surface area contributed by atoms with Crippen LogP contribution in [0.2, 0.25) is 0 Å². The minimum atomic E-state index is -1.28. The minimum absolute atomic E-state index is 0.00414. The van der Waals surface area contributed by atoms with E-state index in [1.165, 1.54) is 29.9 Å². The molecule has 3 heterocycles. The molecule has 2 aromatic rings. The van der Waals surface area contributed by atoms with Crippen molar-refractivity contribution in [2.75, 3.05) is 6.54 Å². The lowest BCUT2D eigenvalue weighted by atomic mass is 10.1. The van der Waals surface area contributed by atoms with Gasteiger partial charge in [-0.15, -0.1) is 0 Å². The third-order valence-electron chi connectivity index (χ3n) is 5.78. The summed E-state index contributed by atoms with van der Waals surface area (Å²) in [6, 6.07) is -4.54. The van der Waals surface area contributed by atoms with Crippen molar-refractivity contribution in [1.29, 1.82) is 0 Å². The first kappa shape index (κ1) is 26.3. The SMILES string of the molecule is NC(=O)CC(N)C(=O)N1CCCC1C(=O)NC(Cc1cnc[nH]1)C(=O)NC(Cc1cnc[nH]1)C(=O)O. The Morgan fingerprint density at radius 1 is 1.06 bits per heavy atom. The van der Waals surface area contributed by atoms with E-state index in [1.54, 1.807) is 0 Å². The molecule has 0 saturated carbocycles. The van der Waals surface area contributed by atoms with Gasteiger partial charge < -0.3 is 42.1 Å². The number of hydrogen-bond acceptors (Lipinski definition) is 8. The van der Waals surface area contributed by atoms with Crippen LogP contribution in [0, 0.1) is 0 Å². The lowest BCUT2D eigenvalue weighted by Crippen LogP contribution is -2.57. The molecule has 0 radical (unpaired) electrons. The summed E-state index contributed by atoms with van der Waals surface area (Å²) in [5, 5.41) is 14.7. The van der Waals surface area contributed by atoms with Crippen molar-refractivity contribution in [3.63, 3.8) is 0 Å². The Kier molecular flexibility index (Phi) is 8.72. The highest BCUT2D eigenvalue weighted by Crippen LogP contribution is 2.19. The monoisotopic (exact) mass is 503 g/mol. The molecule has 0 aliphatic carbocycles. The first-order valence-electron chi connectivity index (χ1n) is 11.3. The van der Waals surface area contributed by atoms with Crippen LogP contribution in [0.5, 0.6) is 0 Å². The molecule has 15 nitrogen and oxygen atoms in total. The number of carboxylic acids is 1. The lowest BCUT2D eigenvalue weighted by molar-refractivity contribution is -0.143. The summed E-state index contributed by atoms with van der Waals surface area (Å²) >= 11 is 0. The summed E-state index contributed by atoms with van der Waals surface area (Å²) in [5.41, 5.74) is 11.9. The number of carbonyl (C=O) groups is 5. The normalized spacial score (nSPS) is 17.7. The summed E-state index contributed by atoms with van der Waals surface area (Å²) in [6.45, 7) is 0.256. The second kappa shape index (κ2) is 11.9. The second-order valence-electron chi connectivity index (χ2n) is 8.49. The number of H-pyrrole nitrogens is 2. The summed E-state index contributed by atoms with van der Waals surface area (Å²) in [5.74, 6) is -3.93. The third kappa shape index (κ3) is 6.88. The average Bonchev–Trinajstić information content (AvgIpc) is 3.59. The minimum Gasteiger partial charge on any atom is -0.480 e. The Morgan fingerprint density at radius 3 is 2.19 bits per heavy atom. The number of aromatic amines is 2. The molecule has 4 amide bonds. The van der Waals surface area contributed by atoms with Gasteiger partial charge >= 0.3 is 5.97 Å². The Labute approximate surface area is 205 Å². The molecule has 4 atom stereocenters. The van der Waals surface area contributed by atoms with Gasteiger partial charge in [0.2, 0.25) is 23.6 Å². The van der Waals surface area contributed by atoms with Gasteiger partial charge in [-0.25, -0.2) is 14.8 Å². The molecule has 1 saturated heterocycles. The maximum absolute atomic E-state index is 13.2. The second-order valence-corrected chi connectivity index (χ2v) is 8.49. The fraction of sp³-hybridized carbons (Fsp3) is 0.476. The van der Waals surface area contributed by atoms with Gasteiger partial charge in [-0.05, 0) is 12.8 Å². The van der Waals surface area contributed by atoms with E-state index in [-0.39, 0.29) is 25.8 Å². The molecule has 2 aromatic heterocycles. The summed E-state index contributed by atoms with van der Waals surface area (Å²) in [4.78, 5) is 76.5. The van der Waals surface area contributed by atoms with Crippen LogP contribution in [0.1, 0.15) is 30.7 Å². The Hall–Kier alpha value is -4.27. The highest BCUT2D eigenvalue weighted by Gasteiger charge is 2.38. The van der Waals surface area contributed by atoms with Crippen LogP contribution >= 0.6 is 0 Å². The van der Waals surface area contributed by atoms with E-state index >= 15 is 0 Å². The first-order chi connectivity index (χ1) is 17.2. The van der Waals surface area contributed by atoms with Crippen molar-refractivity contribution in [3.05, 3.63) is 36.4 Å². The maximum atomic E-state index is 13.2. The van der Waals surface area contributed by atoms with Crippen LogP contribution < -0.4 is 22.1 Å². The number of primary amides is 1. The van der Waals surface area contributed by atoms with Gasteiger partial charge in [-0.3, -0.25) is 19.2 Å². The van der Waals surface area contributed by atoms with Gasteiger partial charge in [0.15, 0.2) is 0 Å². The fourth-order valence-electron chi connectivity index (χ4n) is 4.00. The van der Waals surface area contributed by atoms with Crippen molar-refractivity contribution in [2.45, 2.75) is 56.3 Å². The first-order valence-corrected chi connectivity index (χ1v) is 11.3. The van der Waals surface area contributed by atoms with E-state index in [2.05, 4.69) is 30.6 Å². The smallest absolute Gasteiger partial charge is 0.326 e. The number of rotatable bonds is 12. The Balaban J connectivity index is 1.72. The average molecular weight is 504 g/mol. The molecule has 1 aliphatic rings. The van der Waals surface area contributed by atoms with Crippen molar-refractivity contribution in [2.24, 2.45) is 11.5 Å². The Bertz CT molecular complexity index is 1070. The number of nitrogens with two attached hydrogens (primary N) is 2. The van der Waals surface area contributed by atoms with Crippen LogP contribution in [-0.4, -0.2) is 90.3 Å². The molecule has 1 fully saturated rings. The van der Waals surface area contributed by atoms with Crippen LogP contribution in [-0.2, 0) is 36.8 Å². The quantitative estimate of drug-likeness (QED) is 0.157. The van der Waals surface area contributed by atoms with Crippen LogP contribution in [0.4, 0.5) is 0 Å². The van der Waals surface area contributed by atoms with Crippen LogP contribution in [0.25, 0.3) is 0 Å². The number of imidazole rings is 2. The molecule has 1 aliphatic heterocycles. The lowest BCUT2D eigenvalue weighted by Gasteiger charge is -2.28. The number of carboxylic acid groups (broad SMARTS) is 1. The molecule has 0 spiro atoms. The van der Waals surface area contributed by atoms with Gasteiger partial charge in [0, 0.05) is 43.2 Å². The maximum Gasteiger partial charge on any atom is 0.326 e. The summed E-state index contributed by atoms with van der Waals surface area (Å²) in [7, 11) is 0. The molecule has 9 N–H and O–H groups in total. The number of amides is 4. The van der Waals surface area contributed by atoms with Crippen molar-refractivity contribution >= 4 is 29.6 Å². The van der Waals surface area contributed by atoms with Crippen LogP contribution in [0.15, 0.2) is 25.0 Å². The standard InChI is InChI=1S/C21H29N9O6/c22-13(6-17(23)31)20(34)30-3-1-2-16(30)19(33)28-14(4-11-7-24-9-26-11)18(32)29-15(21(35)36)5-12-8-25-10-27-12/h7-10,13-16H,1-6,22H2,(H2,23,31)(H,24,26)(H,25,27)(H,28,33)(H,29,32)(H,35,36). The molecular formula is C21H29N9O6. The molecule has 15 heteroatoms. The zero-order valence-electron chi connectivity index (χ0n) is 19.3. The number of aliphatic carboxylic acids is 1.